The molecular formula is C18H29BN2O4. The molecular weight excluding hydrogens is 319 g/mol. The number of amides is 1. The van der Waals surface area contributed by atoms with Gasteiger partial charge in [0.15, 0.2) is 0 Å². The van der Waals surface area contributed by atoms with Crippen molar-refractivity contribution in [3.05, 3.63) is 18.3 Å². The number of rotatable bonds is 3. The predicted molar refractivity (Wildman–Crippen MR) is 99.2 cm³/mol. The van der Waals surface area contributed by atoms with Crippen LogP contribution in [0, 0.1) is 0 Å². The lowest BCUT2D eigenvalue weighted by Crippen LogP contribution is -2.41. The Labute approximate surface area is 151 Å². The minimum Gasteiger partial charge on any atom is -0.443 e. The molecule has 0 aromatic carbocycles. The van der Waals surface area contributed by atoms with Gasteiger partial charge < -0.3 is 14.0 Å². The lowest BCUT2D eigenvalue weighted by atomic mass is 9.79. The fourth-order valence-corrected chi connectivity index (χ4v) is 2.41. The summed E-state index contributed by atoms with van der Waals surface area (Å²) < 4.78 is 17.6. The highest BCUT2D eigenvalue weighted by molar-refractivity contribution is 6.62. The van der Waals surface area contributed by atoms with Crippen LogP contribution >= 0.6 is 0 Å². The molecule has 1 aromatic rings. The van der Waals surface area contributed by atoms with Crippen LogP contribution in [0.2, 0.25) is 0 Å². The van der Waals surface area contributed by atoms with Gasteiger partial charge in [0.2, 0.25) is 0 Å². The van der Waals surface area contributed by atoms with Crippen molar-refractivity contribution in [2.75, 3.05) is 11.4 Å². The highest BCUT2D eigenvalue weighted by atomic mass is 16.7. The van der Waals surface area contributed by atoms with Crippen LogP contribution in [0.5, 0.6) is 0 Å². The molecule has 1 saturated heterocycles. The summed E-state index contributed by atoms with van der Waals surface area (Å²) in [5, 5.41) is 0. The summed E-state index contributed by atoms with van der Waals surface area (Å²) in [7, 11) is -0.496. The Morgan fingerprint density at radius 3 is 2.28 bits per heavy atom. The monoisotopic (exact) mass is 348 g/mol. The minimum atomic E-state index is -0.562. The summed E-state index contributed by atoms with van der Waals surface area (Å²) in [6, 6.07) is 3.66. The maximum Gasteiger partial charge on any atom is 0.495 e. The predicted octanol–water partition coefficient (Wildman–Crippen LogP) is 3.14. The molecule has 2 rings (SSSR count). The molecule has 6 nitrogen and oxygen atoms in total. The number of pyridine rings is 1. The van der Waals surface area contributed by atoms with Crippen LogP contribution < -0.4 is 10.4 Å². The summed E-state index contributed by atoms with van der Waals surface area (Å²) in [4.78, 5) is 18.3. The van der Waals surface area contributed by atoms with Gasteiger partial charge in [-0.05, 0) is 73.0 Å². The van der Waals surface area contributed by atoms with E-state index < -0.39 is 30.0 Å². The van der Waals surface area contributed by atoms with Gasteiger partial charge in [-0.25, -0.2) is 9.78 Å². The van der Waals surface area contributed by atoms with Crippen LogP contribution in [-0.2, 0) is 14.0 Å². The van der Waals surface area contributed by atoms with Crippen molar-refractivity contribution in [1.29, 1.82) is 0 Å². The molecule has 7 heteroatoms. The van der Waals surface area contributed by atoms with Gasteiger partial charge >= 0.3 is 13.2 Å². The van der Waals surface area contributed by atoms with E-state index in [4.69, 9.17) is 14.0 Å². The van der Waals surface area contributed by atoms with Crippen molar-refractivity contribution in [2.45, 2.75) is 72.2 Å². The maximum atomic E-state index is 12.4. The third-order valence-electron chi connectivity index (χ3n) is 4.50. The zero-order chi connectivity index (χ0) is 19.0. The maximum absolute atomic E-state index is 12.4. The first-order valence-electron chi connectivity index (χ1n) is 8.68. The molecule has 0 spiro atoms. The molecule has 25 heavy (non-hydrogen) atoms. The second-order valence-corrected chi connectivity index (χ2v) is 8.26. The van der Waals surface area contributed by atoms with E-state index in [1.165, 1.54) is 4.90 Å². The van der Waals surface area contributed by atoms with Crippen LogP contribution in [0.3, 0.4) is 0 Å². The molecule has 0 aliphatic carbocycles. The highest BCUT2D eigenvalue weighted by Crippen LogP contribution is 2.36. The normalized spacial score (nSPS) is 19.0. The lowest BCUT2D eigenvalue weighted by Gasteiger charge is -2.32. The van der Waals surface area contributed by atoms with Crippen molar-refractivity contribution < 1.29 is 18.8 Å². The van der Waals surface area contributed by atoms with E-state index in [0.717, 1.165) is 5.46 Å². The quantitative estimate of drug-likeness (QED) is 0.786. The van der Waals surface area contributed by atoms with Gasteiger partial charge in [-0.1, -0.05) is 0 Å². The Hall–Kier alpha value is -1.60. The third-order valence-corrected chi connectivity index (χ3v) is 4.50. The number of hydrogen-bond donors (Lipinski definition) is 0. The standard InChI is InChI=1S/C18H29BN2O4/c1-9-21(15(22)23-16(2,3)4)14-12-13(10-11-20-14)19-24-17(5,6)18(7,8)25-19/h10-12H,9H2,1-8H3. The molecule has 1 aliphatic heterocycles. The number of aromatic nitrogens is 1. The largest absolute Gasteiger partial charge is 0.495 e. The van der Waals surface area contributed by atoms with Gasteiger partial charge in [0, 0.05) is 12.7 Å². The Bertz CT molecular complexity index is 624. The molecule has 0 saturated carbocycles. The van der Waals surface area contributed by atoms with Crippen molar-refractivity contribution in [2.24, 2.45) is 0 Å². The summed E-state index contributed by atoms with van der Waals surface area (Å²) >= 11 is 0. The van der Waals surface area contributed by atoms with E-state index in [9.17, 15) is 4.79 Å². The molecule has 0 atom stereocenters. The first-order valence-corrected chi connectivity index (χ1v) is 8.68. The summed E-state index contributed by atoms with van der Waals surface area (Å²) in [5.41, 5.74) is -0.577. The summed E-state index contributed by atoms with van der Waals surface area (Å²) in [5.74, 6) is 0.518. The number of nitrogens with zero attached hydrogens (tertiary/aromatic N) is 2. The van der Waals surface area contributed by atoms with Gasteiger partial charge in [-0.15, -0.1) is 0 Å². The van der Waals surface area contributed by atoms with Crippen molar-refractivity contribution in [3.63, 3.8) is 0 Å². The van der Waals surface area contributed by atoms with Crippen molar-refractivity contribution >= 4 is 24.5 Å². The Kier molecular flexibility index (Phi) is 5.22. The van der Waals surface area contributed by atoms with Gasteiger partial charge in [0.05, 0.1) is 11.2 Å². The van der Waals surface area contributed by atoms with Crippen LogP contribution in [0.1, 0.15) is 55.4 Å². The third kappa shape index (κ3) is 4.33. The fourth-order valence-electron chi connectivity index (χ4n) is 2.41. The van der Waals surface area contributed by atoms with Crippen LogP contribution in [0.4, 0.5) is 10.6 Å². The van der Waals surface area contributed by atoms with Gasteiger partial charge in [0.1, 0.15) is 11.4 Å². The number of carbonyl (C=O) groups is 1. The summed E-state index contributed by atoms with van der Waals surface area (Å²) in [6.45, 7) is 15.9. The zero-order valence-electron chi connectivity index (χ0n) is 16.5. The molecule has 2 heterocycles. The second-order valence-electron chi connectivity index (χ2n) is 8.26. The molecule has 0 bridgehead atoms. The van der Waals surface area contributed by atoms with E-state index in [-0.39, 0.29) is 0 Å². The number of carbonyl (C=O) groups excluding carboxylic acids is 1. The van der Waals surface area contributed by atoms with Gasteiger partial charge in [0.25, 0.3) is 0 Å². The average molecular weight is 348 g/mol. The first-order chi connectivity index (χ1) is 11.4. The Balaban J connectivity index is 2.25. The SMILES string of the molecule is CCN(C(=O)OC(C)(C)C)c1cc(B2OC(C)(C)C(C)(C)O2)ccn1. The fraction of sp³-hybridized carbons (Fsp3) is 0.667. The van der Waals surface area contributed by atoms with E-state index in [1.54, 1.807) is 6.20 Å². The highest BCUT2D eigenvalue weighted by Gasteiger charge is 2.51. The van der Waals surface area contributed by atoms with Gasteiger partial charge in [-0.2, -0.15) is 0 Å². The van der Waals surface area contributed by atoms with Crippen LogP contribution in [-0.4, -0.2) is 41.5 Å². The van der Waals surface area contributed by atoms with Crippen molar-refractivity contribution in [1.82, 2.24) is 4.98 Å². The molecule has 0 radical (unpaired) electrons. The first kappa shape index (κ1) is 19.7. The van der Waals surface area contributed by atoms with Crippen LogP contribution in [0.15, 0.2) is 18.3 Å². The number of hydrogen-bond acceptors (Lipinski definition) is 5. The average Bonchev–Trinajstić information content (AvgIpc) is 2.67. The van der Waals surface area contributed by atoms with E-state index in [1.807, 2.05) is 67.5 Å². The lowest BCUT2D eigenvalue weighted by molar-refractivity contribution is 0.00578. The molecule has 1 aromatic heterocycles. The van der Waals surface area contributed by atoms with E-state index in [2.05, 4.69) is 4.98 Å². The van der Waals surface area contributed by atoms with Gasteiger partial charge in [-0.3, -0.25) is 4.90 Å². The molecule has 0 unspecified atom stereocenters. The smallest absolute Gasteiger partial charge is 0.443 e. The second kappa shape index (κ2) is 6.61. The number of ether oxygens (including phenoxy) is 1. The molecule has 1 fully saturated rings. The van der Waals surface area contributed by atoms with Crippen molar-refractivity contribution in [3.8, 4) is 0 Å². The zero-order valence-corrected chi connectivity index (χ0v) is 16.5. The van der Waals surface area contributed by atoms with E-state index in [0.29, 0.717) is 12.4 Å². The summed E-state index contributed by atoms with van der Waals surface area (Å²) in [6.07, 6.45) is 1.23. The van der Waals surface area contributed by atoms with Crippen LogP contribution in [0.25, 0.3) is 0 Å². The Morgan fingerprint density at radius 1 is 1.24 bits per heavy atom. The molecule has 1 aliphatic rings. The Morgan fingerprint density at radius 2 is 1.80 bits per heavy atom. The van der Waals surface area contributed by atoms with E-state index >= 15 is 0 Å². The molecule has 138 valence electrons. The molecule has 0 N–H and O–H groups in total. The number of anilines is 1. The topological polar surface area (TPSA) is 60.9 Å². The molecule has 1 amide bonds. The minimum absolute atomic E-state index is 0.420.